The molecule has 0 radical (unpaired) electrons. The monoisotopic (exact) mass is 616 g/mol. The molecular formula is C30H40N2O10Si. The summed E-state index contributed by atoms with van der Waals surface area (Å²) in [6, 6.07) is 3.34. The molecular weight excluding hydrogens is 576 g/mol. The van der Waals surface area contributed by atoms with Crippen LogP contribution in [0.5, 0.6) is 5.75 Å². The van der Waals surface area contributed by atoms with E-state index in [-0.39, 0.29) is 41.7 Å². The van der Waals surface area contributed by atoms with E-state index >= 15 is 0 Å². The lowest BCUT2D eigenvalue weighted by atomic mass is 9.79. The number of β-lactam (4-membered cyclic amide) rings is 1. The van der Waals surface area contributed by atoms with Gasteiger partial charge in [-0.3, -0.25) is 14.4 Å². The Balaban J connectivity index is 1.92. The molecule has 43 heavy (non-hydrogen) atoms. The van der Waals surface area contributed by atoms with E-state index < -0.39 is 68.9 Å². The summed E-state index contributed by atoms with van der Waals surface area (Å²) >= 11 is 0. The maximum Gasteiger partial charge on any atom is 0.421 e. The third kappa shape index (κ3) is 7.06. The molecule has 234 valence electrons. The number of hydrogen-bond acceptors (Lipinski definition) is 10. The van der Waals surface area contributed by atoms with E-state index in [9.17, 15) is 29.1 Å². The molecule has 0 saturated carbocycles. The van der Waals surface area contributed by atoms with E-state index in [1.165, 1.54) is 30.4 Å². The number of likely N-dealkylation sites (tertiary alicyclic amines) is 1. The number of carbonyl (C=O) groups is 5. The summed E-state index contributed by atoms with van der Waals surface area (Å²) in [7, 11) is -2.34. The number of imide groups is 1. The predicted molar refractivity (Wildman–Crippen MR) is 159 cm³/mol. The number of hydrogen-bond donors (Lipinski definition) is 1. The summed E-state index contributed by atoms with van der Waals surface area (Å²) in [5, 5.41) is 10.6. The van der Waals surface area contributed by atoms with Gasteiger partial charge in [-0.1, -0.05) is 46.1 Å². The van der Waals surface area contributed by atoms with E-state index in [1.54, 1.807) is 6.92 Å². The van der Waals surface area contributed by atoms with Crippen LogP contribution in [0, 0.1) is 5.92 Å². The molecule has 1 saturated heterocycles. The Kier molecular flexibility index (Phi) is 10.4. The number of anilines is 1. The maximum absolute atomic E-state index is 13.6. The second-order valence-corrected chi connectivity index (χ2v) is 16.7. The number of esters is 1. The largest absolute Gasteiger partial charge is 0.482 e. The Hall–Kier alpha value is -3.81. The number of fused-ring (bicyclic) bond motifs is 1. The van der Waals surface area contributed by atoms with Crippen molar-refractivity contribution in [3.8, 4) is 5.75 Å². The first kappa shape index (κ1) is 33.7. The first-order valence-electron chi connectivity index (χ1n) is 13.9. The molecule has 2 heterocycles. The molecule has 13 heteroatoms. The smallest absolute Gasteiger partial charge is 0.421 e. The number of ketones is 1. The Morgan fingerprint density at radius 3 is 2.37 bits per heavy atom. The van der Waals surface area contributed by atoms with Gasteiger partial charge in [-0.05, 0) is 43.3 Å². The number of amides is 3. The number of aliphatic hydroxyl groups excluding tert-OH is 1. The van der Waals surface area contributed by atoms with Crippen LogP contribution >= 0.6 is 0 Å². The van der Waals surface area contributed by atoms with Gasteiger partial charge in [0.15, 0.2) is 20.7 Å². The van der Waals surface area contributed by atoms with Crippen molar-refractivity contribution in [2.24, 2.45) is 5.92 Å². The third-order valence-corrected chi connectivity index (χ3v) is 12.5. The topological polar surface area (TPSA) is 149 Å². The summed E-state index contributed by atoms with van der Waals surface area (Å²) in [5.41, 5.74) is 0.134. The molecule has 2 unspecified atom stereocenters. The van der Waals surface area contributed by atoms with Gasteiger partial charge in [0.05, 0.1) is 23.8 Å². The van der Waals surface area contributed by atoms with Crippen molar-refractivity contribution in [1.82, 2.24) is 4.90 Å². The van der Waals surface area contributed by atoms with Gasteiger partial charge in [0.25, 0.3) is 5.91 Å². The van der Waals surface area contributed by atoms with E-state index in [0.717, 1.165) is 9.80 Å². The summed E-state index contributed by atoms with van der Waals surface area (Å²) in [6.07, 6.45) is -1.13. The highest BCUT2D eigenvalue weighted by molar-refractivity contribution is 6.74. The SMILES string of the molecule is C=CCOC(=O)C(O)N1C(=O)[C@H](C(C)O[Si](C)(C)C(C)(C)C)[C@H]1CC(=O)c1ccc2c(c1)N(C(=O)OCC=C)C(=O)CO2. The van der Waals surface area contributed by atoms with Crippen LogP contribution in [0.3, 0.4) is 0 Å². The van der Waals surface area contributed by atoms with Gasteiger partial charge in [-0.15, -0.1) is 0 Å². The van der Waals surface area contributed by atoms with Crippen molar-refractivity contribution >= 4 is 43.7 Å². The molecule has 4 atom stereocenters. The number of aliphatic hydroxyl groups is 1. The molecule has 1 fully saturated rings. The van der Waals surface area contributed by atoms with Crippen molar-refractivity contribution in [1.29, 1.82) is 0 Å². The minimum Gasteiger partial charge on any atom is -0.482 e. The third-order valence-electron chi connectivity index (χ3n) is 7.95. The van der Waals surface area contributed by atoms with Crippen molar-refractivity contribution in [3.05, 3.63) is 49.1 Å². The molecule has 0 spiro atoms. The molecule has 1 N–H and O–H groups in total. The molecule has 1 aromatic carbocycles. The molecule has 2 aliphatic rings. The first-order valence-corrected chi connectivity index (χ1v) is 16.8. The zero-order valence-corrected chi connectivity index (χ0v) is 26.5. The van der Waals surface area contributed by atoms with Crippen LogP contribution in [0.25, 0.3) is 0 Å². The zero-order chi connectivity index (χ0) is 32.3. The quantitative estimate of drug-likeness (QED) is 0.121. The molecule has 3 amide bonds. The Bertz CT molecular complexity index is 1300. The van der Waals surface area contributed by atoms with Gasteiger partial charge in [-0.2, -0.15) is 0 Å². The number of carbonyl (C=O) groups excluding carboxylic acids is 5. The van der Waals surface area contributed by atoms with Gasteiger partial charge in [0.1, 0.15) is 19.0 Å². The highest BCUT2D eigenvalue weighted by Crippen LogP contribution is 2.42. The standard InChI is InChI=1S/C30H40N2O10Si/c1-9-13-39-28(37)27(36)32-21(25(26(32)35)18(3)42-43(7,8)30(4,5)6)16-22(33)19-11-12-23-20(15-19)31(24(34)17-41-23)29(38)40-14-10-2/h9-12,15,18,21,25,27,36H,1-2,13-14,16-17H2,3-8H3/t18?,21-,25-,27?/m1/s1. The minimum absolute atomic E-state index is 0.0249. The van der Waals surface area contributed by atoms with Gasteiger partial charge >= 0.3 is 12.1 Å². The second-order valence-electron chi connectivity index (χ2n) is 11.9. The summed E-state index contributed by atoms with van der Waals surface area (Å²) in [4.78, 5) is 66.3. The highest BCUT2D eigenvalue weighted by atomic mass is 28.4. The number of benzene rings is 1. The summed E-state index contributed by atoms with van der Waals surface area (Å²) < 4.78 is 21.9. The lowest BCUT2D eigenvalue weighted by Gasteiger charge is -2.52. The van der Waals surface area contributed by atoms with Crippen molar-refractivity contribution in [2.75, 3.05) is 24.7 Å². The van der Waals surface area contributed by atoms with Crippen LogP contribution in [0.4, 0.5) is 10.5 Å². The number of Topliss-reactive ketones (excluding diaryl/α,β-unsaturated/α-hetero) is 1. The molecule has 3 rings (SSSR count). The van der Waals surface area contributed by atoms with E-state index in [2.05, 4.69) is 33.9 Å². The number of rotatable bonds is 12. The molecule has 0 aliphatic carbocycles. The fraction of sp³-hybridized carbons (Fsp3) is 0.500. The van der Waals surface area contributed by atoms with Crippen LogP contribution in [-0.2, 0) is 28.3 Å². The Morgan fingerprint density at radius 2 is 1.77 bits per heavy atom. The molecule has 2 aliphatic heterocycles. The average Bonchev–Trinajstić information content (AvgIpc) is 2.92. The van der Waals surface area contributed by atoms with Crippen LogP contribution < -0.4 is 9.64 Å². The van der Waals surface area contributed by atoms with Gasteiger partial charge in [-0.25, -0.2) is 14.5 Å². The lowest BCUT2D eigenvalue weighted by Crippen LogP contribution is -2.70. The summed E-state index contributed by atoms with van der Waals surface area (Å²) in [6.45, 7) is 18.2. The average molecular weight is 617 g/mol. The van der Waals surface area contributed by atoms with Gasteiger partial charge in [0, 0.05) is 12.0 Å². The van der Waals surface area contributed by atoms with Crippen LogP contribution in [0.15, 0.2) is 43.5 Å². The summed E-state index contributed by atoms with van der Waals surface area (Å²) in [5.74, 6) is -3.39. The zero-order valence-electron chi connectivity index (χ0n) is 25.5. The fourth-order valence-corrected chi connectivity index (χ4v) is 6.13. The molecule has 1 aromatic rings. The number of nitrogens with zero attached hydrogens (tertiary/aromatic N) is 2. The molecule has 0 aromatic heterocycles. The number of ether oxygens (including phenoxy) is 3. The van der Waals surface area contributed by atoms with Crippen LogP contribution in [0.1, 0.15) is 44.5 Å². The predicted octanol–water partition coefficient (Wildman–Crippen LogP) is 3.59. The Labute approximate surface area is 252 Å². The van der Waals surface area contributed by atoms with Crippen molar-refractivity contribution < 1.29 is 47.7 Å². The van der Waals surface area contributed by atoms with Gasteiger partial charge < -0.3 is 28.6 Å². The van der Waals surface area contributed by atoms with Gasteiger partial charge in [0.2, 0.25) is 12.1 Å². The fourth-order valence-electron chi connectivity index (χ4n) is 4.70. The van der Waals surface area contributed by atoms with E-state index in [0.29, 0.717) is 0 Å². The highest BCUT2D eigenvalue weighted by Gasteiger charge is 2.56. The van der Waals surface area contributed by atoms with Crippen LogP contribution in [0.2, 0.25) is 18.1 Å². The first-order chi connectivity index (χ1) is 20.0. The lowest BCUT2D eigenvalue weighted by molar-refractivity contribution is -0.195. The van der Waals surface area contributed by atoms with E-state index in [4.69, 9.17) is 18.6 Å². The minimum atomic E-state index is -2.34. The van der Waals surface area contributed by atoms with Crippen molar-refractivity contribution in [3.63, 3.8) is 0 Å². The normalized spacial score (nSPS) is 19.8. The van der Waals surface area contributed by atoms with Crippen molar-refractivity contribution in [2.45, 2.75) is 70.6 Å². The van der Waals surface area contributed by atoms with Crippen LogP contribution in [-0.4, -0.2) is 86.2 Å². The van der Waals surface area contributed by atoms with E-state index in [1.807, 2.05) is 13.1 Å². The molecule has 12 nitrogen and oxygen atoms in total. The second kappa shape index (κ2) is 13.2. The Morgan fingerprint density at radius 1 is 1.14 bits per heavy atom. The maximum atomic E-state index is 13.6. The molecule has 0 bridgehead atoms.